The van der Waals surface area contributed by atoms with Crippen molar-refractivity contribution in [1.29, 1.82) is 0 Å². The molecule has 2 fully saturated rings. The van der Waals surface area contributed by atoms with Crippen LogP contribution in [0.2, 0.25) is 0 Å². The zero-order chi connectivity index (χ0) is 21.5. The van der Waals surface area contributed by atoms with E-state index in [1.165, 1.54) is 12.8 Å². The number of hydrogen-bond donors (Lipinski definition) is 1. The van der Waals surface area contributed by atoms with Gasteiger partial charge in [-0.25, -0.2) is 9.98 Å². The number of nitrogens with zero attached hydrogens (tertiary/aromatic N) is 5. The lowest BCUT2D eigenvalue weighted by Gasteiger charge is -2.38. The van der Waals surface area contributed by atoms with Crippen molar-refractivity contribution in [2.24, 2.45) is 4.99 Å². The number of benzene rings is 1. The second-order valence-electron chi connectivity index (χ2n) is 8.03. The smallest absolute Gasteiger partial charge is 0.194 e. The summed E-state index contributed by atoms with van der Waals surface area (Å²) in [5, 5.41) is 3.46. The molecule has 0 spiro atoms. The fourth-order valence-electron chi connectivity index (χ4n) is 4.29. The van der Waals surface area contributed by atoms with Gasteiger partial charge in [-0.05, 0) is 43.5 Å². The van der Waals surface area contributed by atoms with Gasteiger partial charge in [0.15, 0.2) is 5.96 Å². The van der Waals surface area contributed by atoms with Crippen LogP contribution in [0.3, 0.4) is 0 Å². The van der Waals surface area contributed by atoms with Gasteiger partial charge in [0, 0.05) is 52.0 Å². The quantitative estimate of drug-likeness (QED) is 0.571. The summed E-state index contributed by atoms with van der Waals surface area (Å²) in [4.78, 5) is 16.7. The zero-order valence-corrected chi connectivity index (χ0v) is 18.8. The molecule has 0 atom stereocenters. The summed E-state index contributed by atoms with van der Waals surface area (Å²) in [5.74, 6) is 3.00. The van der Waals surface area contributed by atoms with Crippen molar-refractivity contribution in [3.63, 3.8) is 0 Å². The minimum Gasteiger partial charge on any atom is -0.495 e. The molecule has 1 aromatic heterocycles. The lowest BCUT2D eigenvalue weighted by atomic mass is 10.2. The molecule has 7 heteroatoms. The average molecular weight is 423 g/mol. The molecule has 0 saturated carbocycles. The van der Waals surface area contributed by atoms with E-state index in [1.807, 2.05) is 18.3 Å². The Balaban J connectivity index is 1.37. The number of para-hydroxylation sites is 2. The van der Waals surface area contributed by atoms with Crippen molar-refractivity contribution in [2.45, 2.75) is 26.3 Å². The monoisotopic (exact) mass is 422 g/mol. The van der Waals surface area contributed by atoms with Gasteiger partial charge >= 0.3 is 0 Å². The molecule has 0 radical (unpaired) electrons. The average Bonchev–Trinajstić information content (AvgIpc) is 3.37. The highest BCUT2D eigenvalue weighted by Gasteiger charge is 2.21. The zero-order valence-electron chi connectivity index (χ0n) is 18.8. The summed E-state index contributed by atoms with van der Waals surface area (Å²) < 4.78 is 5.54. The Morgan fingerprint density at radius 3 is 2.45 bits per heavy atom. The van der Waals surface area contributed by atoms with E-state index < -0.39 is 0 Å². The Labute approximate surface area is 185 Å². The maximum atomic E-state index is 5.54. The van der Waals surface area contributed by atoms with E-state index in [4.69, 9.17) is 9.73 Å². The number of ether oxygens (including phenoxy) is 1. The number of guanidine groups is 1. The summed E-state index contributed by atoms with van der Waals surface area (Å²) in [6, 6.07) is 12.5. The Morgan fingerprint density at radius 2 is 1.77 bits per heavy atom. The second-order valence-corrected chi connectivity index (χ2v) is 8.03. The number of anilines is 2. The molecule has 0 bridgehead atoms. The van der Waals surface area contributed by atoms with Crippen molar-refractivity contribution >= 4 is 17.5 Å². The number of piperazine rings is 1. The van der Waals surface area contributed by atoms with E-state index in [-0.39, 0.29) is 0 Å². The third-order valence-electron chi connectivity index (χ3n) is 5.99. The highest BCUT2D eigenvalue weighted by atomic mass is 16.5. The molecule has 7 nitrogen and oxygen atoms in total. The van der Waals surface area contributed by atoms with E-state index in [0.717, 1.165) is 74.6 Å². The normalized spacial score (nSPS) is 17.2. The highest BCUT2D eigenvalue weighted by Crippen LogP contribution is 2.28. The van der Waals surface area contributed by atoms with Crippen LogP contribution >= 0.6 is 0 Å². The molecule has 1 aromatic carbocycles. The molecule has 166 valence electrons. The molecule has 31 heavy (non-hydrogen) atoms. The lowest BCUT2D eigenvalue weighted by Crippen LogP contribution is -2.52. The van der Waals surface area contributed by atoms with Gasteiger partial charge in [-0.3, -0.25) is 0 Å². The highest BCUT2D eigenvalue weighted by molar-refractivity contribution is 5.80. The molecule has 3 heterocycles. The topological polar surface area (TPSA) is 56.2 Å². The molecular weight excluding hydrogens is 388 g/mol. The fourth-order valence-corrected chi connectivity index (χ4v) is 4.29. The van der Waals surface area contributed by atoms with Gasteiger partial charge in [0.05, 0.1) is 19.3 Å². The van der Waals surface area contributed by atoms with Crippen LogP contribution < -0.4 is 19.9 Å². The van der Waals surface area contributed by atoms with E-state index in [2.05, 4.69) is 56.2 Å². The molecule has 0 aliphatic carbocycles. The van der Waals surface area contributed by atoms with E-state index in [0.29, 0.717) is 6.54 Å². The number of aliphatic imine (C=N–C) groups is 1. The summed E-state index contributed by atoms with van der Waals surface area (Å²) in [6.45, 7) is 9.60. The van der Waals surface area contributed by atoms with Gasteiger partial charge in [0.1, 0.15) is 11.6 Å². The van der Waals surface area contributed by atoms with Gasteiger partial charge in [-0.2, -0.15) is 0 Å². The number of rotatable bonds is 6. The predicted octanol–water partition coefficient (Wildman–Crippen LogP) is 2.98. The van der Waals surface area contributed by atoms with E-state index in [1.54, 1.807) is 7.11 Å². The van der Waals surface area contributed by atoms with Gasteiger partial charge in [-0.1, -0.05) is 18.2 Å². The summed E-state index contributed by atoms with van der Waals surface area (Å²) in [7, 11) is 1.73. The number of hydrogen-bond acceptors (Lipinski definition) is 5. The Kier molecular flexibility index (Phi) is 7.12. The van der Waals surface area contributed by atoms with Crippen LogP contribution in [0.4, 0.5) is 11.5 Å². The van der Waals surface area contributed by atoms with Gasteiger partial charge in [0.2, 0.25) is 0 Å². The van der Waals surface area contributed by atoms with Crippen molar-refractivity contribution in [1.82, 2.24) is 15.2 Å². The Hall–Kier alpha value is -2.96. The van der Waals surface area contributed by atoms with Crippen LogP contribution in [0.5, 0.6) is 5.75 Å². The van der Waals surface area contributed by atoms with Crippen molar-refractivity contribution in [3.8, 4) is 5.75 Å². The first-order valence-electron chi connectivity index (χ1n) is 11.4. The van der Waals surface area contributed by atoms with Crippen molar-refractivity contribution in [3.05, 3.63) is 48.2 Å². The molecule has 1 N–H and O–H groups in total. The first-order valence-corrected chi connectivity index (χ1v) is 11.4. The van der Waals surface area contributed by atoms with Gasteiger partial charge in [-0.15, -0.1) is 0 Å². The Morgan fingerprint density at radius 1 is 1.00 bits per heavy atom. The van der Waals surface area contributed by atoms with Crippen LogP contribution in [0.25, 0.3) is 0 Å². The summed E-state index contributed by atoms with van der Waals surface area (Å²) in [6.07, 6.45) is 4.51. The van der Waals surface area contributed by atoms with Crippen LogP contribution in [-0.2, 0) is 6.54 Å². The third kappa shape index (κ3) is 5.21. The summed E-state index contributed by atoms with van der Waals surface area (Å²) >= 11 is 0. The molecular formula is C24H34N6O. The van der Waals surface area contributed by atoms with E-state index in [9.17, 15) is 0 Å². The minimum atomic E-state index is 0.641. The molecule has 2 aliphatic rings. The number of pyridine rings is 1. The van der Waals surface area contributed by atoms with Crippen molar-refractivity contribution < 1.29 is 4.74 Å². The first kappa shape index (κ1) is 21.3. The fraction of sp³-hybridized carbons (Fsp3) is 0.500. The number of nitrogens with one attached hydrogen (secondary N) is 1. The maximum absolute atomic E-state index is 5.54. The van der Waals surface area contributed by atoms with Crippen LogP contribution in [-0.4, -0.2) is 68.8 Å². The standard InChI is InChI=1S/C24H34N6O/c1-3-25-24(27-19-20-10-11-23(26-18-20)29-12-6-7-13-29)30-16-14-28(15-17-30)21-8-4-5-9-22(21)31-2/h4-5,8-11,18H,3,6-7,12-17,19H2,1-2H3,(H,25,27). The first-order chi connectivity index (χ1) is 15.3. The molecule has 4 rings (SSSR count). The maximum Gasteiger partial charge on any atom is 0.194 e. The van der Waals surface area contributed by atoms with Crippen LogP contribution in [0, 0.1) is 0 Å². The predicted molar refractivity (Wildman–Crippen MR) is 127 cm³/mol. The Bertz CT molecular complexity index is 855. The number of aromatic nitrogens is 1. The van der Waals surface area contributed by atoms with Gasteiger partial charge in [0.25, 0.3) is 0 Å². The molecule has 2 aliphatic heterocycles. The van der Waals surface area contributed by atoms with E-state index >= 15 is 0 Å². The van der Waals surface area contributed by atoms with Crippen LogP contribution in [0.15, 0.2) is 47.6 Å². The minimum absolute atomic E-state index is 0.641. The third-order valence-corrected chi connectivity index (χ3v) is 5.99. The second kappa shape index (κ2) is 10.4. The number of methoxy groups -OCH3 is 1. The lowest BCUT2D eigenvalue weighted by molar-refractivity contribution is 0.367. The molecule has 2 saturated heterocycles. The molecule has 0 unspecified atom stereocenters. The van der Waals surface area contributed by atoms with Gasteiger partial charge < -0.3 is 24.8 Å². The molecule has 0 amide bonds. The largest absolute Gasteiger partial charge is 0.495 e. The SMILES string of the molecule is CCNC(=NCc1ccc(N2CCCC2)nc1)N1CCN(c2ccccc2OC)CC1. The summed E-state index contributed by atoms with van der Waals surface area (Å²) in [5.41, 5.74) is 2.31. The molecule has 2 aromatic rings. The van der Waals surface area contributed by atoms with Crippen LogP contribution in [0.1, 0.15) is 25.3 Å². The van der Waals surface area contributed by atoms with Crippen molar-refractivity contribution in [2.75, 3.05) is 62.7 Å².